The zero-order valence-corrected chi connectivity index (χ0v) is 29.1. The van der Waals surface area contributed by atoms with E-state index in [-0.39, 0.29) is 51.5 Å². The molecule has 4 saturated carbocycles. The molecular weight excluding hydrogens is 572 g/mol. The molecule has 5 aliphatic carbocycles. The number of likely N-dealkylation sites (tertiary alicyclic amines) is 1. The van der Waals surface area contributed by atoms with Crippen molar-refractivity contribution in [1.82, 2.24) is 10.2 Å². The second-order valence-corrected chi connectivity index (χ2v) is 17.7. The van der Waals surface area contributed by atoms with E-state index in [1.807, 2.05) is 19.1 Å². The molecule has 6 heteroatoms. The first-order chi connectivity index (χ1) is 21.7. The summed E-state index contributed by atoms with van der Waals surface area (Å²) in [4.78, 5) is 39.3. The van der Waals surface area contributed by atoms with Crippen LogP contribution in [0.25, 0.3) is 5.57 Å². The molecule has 0 spiro atoms. The van der Waals surface area contributed by atoms with E-state index in [1.165, 1.54) is 50.5 Å². The number of hydrogen-bond donors (Lipinski definition) is 2. The van der Waals surface area contributed by atoms with E-state index < -0.39 is 5.97 Å². The average molecular weight is 629 g/mol. The number of nitrogens with one attached hydrogen (secondary N) is 1. The molecule has 6 nitrogen and oxygen atoms in total. The van der Waals surface area contributed by atoms with Gasteiger partial charge in [0.25, 0.3) is 0 Å². The van der Waals surface area contributed by atoms with Crippen LogP contribution in [-0.4, -0.2) is 46.4 Å². The lowest BCUT2D eigenvalue weighted by Crippen LogP contribution is -2.68. The van der Waals surface area contributed by atoms with Crippen molar-refractivity contribution < 1.29 is 19.5 Å². The van der Waals surface area contributed by atoms with E-state index in [0.29, 0.717) is 35.8 Å². The molecule has 7 rings (SSSR count). The van der Waals surface area contributed by atoms with Crippen LogP contribution in [0.5, 0.6) is 0 Å². The number of aromatic carboxylic acids is 1. The van der Waals surface area contributed by atoms with Gasteiger partial charge in [0.2, 0.25) is 11.8 Å². The molecule has 1 heterocycles. The van der Waals surface area contributed by atoms with Crippen LogP contribution in [0.3, 0.4) is 0 Å². The summed E-state index contributed by atoms with van der Waals surface area (Å²) in [6, 6.07) is 7.53. The van der Waals surface area contributed by atoms with Gasteiger partial charge in [-0.1, -0.05) is 66.2 Å². The molecule has 1 aliphatic heterocycles. The van der Waals surface area contributed by atoms with Crippen molar-refractivity contribution in [3.8, 4) is 0 Å². The van der Waals surface area contributed by atoms with Crippen molar-refractivity contribution in [2.45, 2.75) is 118 Å². The zero-order chi connectivity index (χ0) is 32.9. The maximum atomic E-state index is 13.5. The van der Waals surface area contributed by atoms with Crippen LogP contribution in [0, 0.1) is 51.2 Å². The molecule has 1 aromatic carbocycles. The summed E-state index contributed by atoms with van der Waals surface area (Å²) in [5.74, 6) is 1.71. The summed E-state index contributed by atoms with van der Waals surface area (Å²) in [6.07, 6.45) is 15.1. The summed E-state index contributed by atoms with van der Waals surface area (Å²) in [5, 5.41) is 13.1. The molecule has 3 unspecified atom stereocenters. The predicted molar refractivity (Wildman–Crippen MR) is 181 cm³/mol. The fraction of sp³-hybridized carbons (Fsp3) is 0.725. The van der Waals surface area contributed by atoms with E-state index in [0.717, 1.165) is 31.2 Å². The van der Waals surface area contributed by atoms with Crippen LogP contribution >= 0.6 is 0 Å². The molecule has 6 aliphatic rings. The van der Waals surface area contributed by atoms with Gasteiger partial charge in [-0.25, -0.2) is 4.79 Å². The molecule has 1 aromatic rings. The van der Waals surface area contributed by atoms with Gasteiger partial charge in [-0.15, -0.1) is 0 Å². The molecule has 46 heavy (non-hydrogen) atoms. The third kappa shape index (κ3) is 4.43. The first-order valence-corrected chi connectivity index (χ1v) is 18.3. The van der Waals surface area contributed by atoms with Gasteiger partial charge < -0.3 is 15.3 Å². The van der Waals surface area contributed by atoms with Crippen molar-refractivity contribution in [2.75, 3.05) is 13.1 Å². The first-order valence-electron chi connectivity index (χ1n) is 18.3. The Labute approximate surface area is 276 Å². The zero-order valence-electron chi connectivity index (χ0n) is 29.1. The molecule has 2 amide bonds. The summed E-state index contributed by atoms with van der Waals surface area (Å²) in [6.45, 7) is 15.7. The van der Waals surface area contributed by atoms with Crippen LogP contribution in [0.15, 0.2) is 30.3 Å². The quantitative estimate of drug-likeness (QED) is 0.346. The Morgan fingerprint density at radius 3 is 2.28 bits per heavy atom. The highest BCUT2D eigenvalue weighted by atomic mass is 16.4. The van der Waals surface area contributed by atoms with Crippen molar-refractivity contribution in [1.29, 1.82) is 0 Å². The molecule has 0 aromatic heterocycles. The van der Waals surface area contributed by atoms with Gasteiger partial charge in [-0.3, -0.25) is 9.59 Å². The monoisotopic (exact) mass is 628 g/mol. The minimum Gasteiger partial charge on any atom is -0.478 e. The highest BCUT2D eigenvalue weighted by Gasteiger charge is 2.69. The molecule has 9 atom stereocenters. The largest absolute Gasteiger partial charge is 0.478 e. The minimum absolute atomic E-state index is 0.00277. The number of nitrogens with zero attached hydrogens (tertiary/aromatic N) is 1. The Balaban J connectivity index is 1.13. The summed E-state index contributed by atoms with van der Waals surface area (Å²) < 4.78 is 0. The van der Waals surface area contributed by atoms with Gasteiger partial charge in [0.05, 0.1) is 12.1 Å². The summed E-state index contributed by atoms with van der Waals surface area (Å²) in [7, 11) is 0. The van der Waals surface area contributed by atoms with Gasteiger partial charge in [-0.2, -0.15) is 0 Å². The molecule has 0 bridgehead atoms. The number of carbonyl (C=O) groups is 3. The number of benzene rings is 1. The van der Waals surface area contributed by atoms with E-state index in [2.05, 4.69) is 46.0 Å². The normalized spacial score (nSPS) is 42.7. The number of hydrogen-bond acceptors (Lipinski definition) is 3. The fourth-order valence-electron chi connectivity index (χ4n) is 13.2. The lowest BCUT2D eigenvalue weighted by atomic mass is 9.33. The number of amides is 2. The molecule has 250 valence electrons. The lowest BCUT2D eigenvalue weighted by Gasteiger charge is -2.72. The van der Waals surface area contributed by atoms with E-state index in [4.69, 9.17) is 0 Å². The Kier molecular flexibility index (Phi) is 7.42. The Morgan fingerprint density at radius 1 is 0.870 bits per heavy atom. The number of carboxylic acid groups (broad SMARTS) is 1. The molecule has 1 saturated heterocycles. The predicted octanol–water partition coefficient (Wildman–Crippen LogP) is 7.97. The van der Waals surface area contributed by atoms with Crippen LogP contribution in [0.4, 0.5) is 0 Å². The van der Waals surface area contributed by atoms with Crippen LogP contribution in [0.2, 0.25) is 0 Å². The number of carbonyl (C=O) groups excluding carboxylic acids is 2. The van der Waals surface area contributed by atoms with Gasteiger partial charge >= 0.3 is 5.97 Å². The van der Waals surface area contributed by atoms with Crippen molar-refractivity contribution >= 4 is 23.4 Å². The number of fused-ring (bicyclic) bond motifs is 7. The molecule has 5 fully saturated rings. The number of rotatable bonds is 5. The van der Waals surface area contributed by atoms with E-state index in [1.54, 1.807) is 17.0 Å². The van der Waals surface area contributed by atoms with Crippen LogP contribution in [0.1, 0.15) is 128 Å². The number of allylic oxidation sites excluding steroid dienone is 2. The molecular formula is C40H56N2O4. The van der Waals surface area contributed by atoms with Crippen molar-refractivity contribution in [2.24, 2.45) is 51.2 Å². The highest BCUT2D eigenvalue weighted by molar-refractivity contribution is 5.88. The second-order valence-electron chi connectivity index (χ2n) is 17.7. The Morgan fingerprint density at radius 2 is 1.61 bits per heavy atom. The Bertz CT molecular complexity index is 1460. The SMILES string of the molecule is C[C@H]1CCN(CC(=O)N[C@]23CCCC2[C@H]2CCC4[C@@]5(C)CC=C(c6ccc(C(=O)O)cc6)C(C)(C)C5CC[C@@]4(C)[C@]2(C)CC3)C1=O. The second kappa shape index (κ2) is 10.7. The Hall–Kier alpha value is -2.63. The minimum atomic E-state index is -0.875. The van der Waals surface area contributed by atoms with E-state index in [9.17, 15) is 19.5 Å². The third-order valence-corrected chi connectivity index (χ3v) is 15.7. The van der Waals surface area contributed by atoms with Crippen LogP contribution < -0.4 is 5.32 Å². The van der Waals surface area contributed by atoms with Crippen molar-refractivity contribution in [3.05, 3.63) is 41.5 Å². The summed E-state index contributed by atoms with van der Waals surface area (Å²) >= 11 is 0. The average Bonchev–Trinajstić information content (AvgIpc) is 3.55. The molecule has 0 radical (unpaired) electrons. The van der Waals surface area contributed by atoms with Gasteiger partial charge in [0.1, 0.15) is 0 Å². The standard InChI is InChI=1S/C40H56N2O4/c1-25-17-23-42(34(25)44)24-33(43)41-40-18-7-8-30(40)29-13-14-32-37(4)19-15-28(26-9-11-27(12-10-26)35(45)46)36(2,3)31(37)16-20-39(32,6)38(29,5)21-22-40/h9-12,15,25,29-32H,7-8,13-14,16-24H2,1-6H3,(H,41,43)(H,45,46)/t25-,29+,30?,31?,32?,37-,38+,39+,40-/m0/s1. The maximum absolute atomic E-state index is 13.5. The summed E-state index contributed by atoms with van der Waals surface area (Å²) in [5.41, 5.74) is 3.49. The highest BCUT2D eigenvalue weighted by Crippen LogP contribution is 2.76. The topological polar surface area (TPSA) is 86.7 Å². The number of carboxylic acids is 1. The van der Waals surface area contributed by atoms with Crippen LogP contribution in [-0.2, 0) is 9.59 Å². The van der Waals surface area contributed by atoms with E-state index >= 15 is 0 Å². The van der Waals surface area contributed by atoms with Crippen molar-refractivity contribution in [3.63, 3.8) is 0 Å². The van der Waals surface area contributed by atoms with Gasteiger partial charge in [0, 0.05) is 18.0 Å². The van der Waals surface area contributed by atoms with Gasteiger partial charge in [0.15, 0.2) is 0 Å². The van der Waals surface area contributed by atoms with Gasteiger partial charge in [-0.05, 0) is 133 Å². The smallest absolute Gasteiger partial charge is 0.335 e. The maximum Gasteiger partial charge on any atom is 0.335 e. The molecule has 2 N–H and O–H groups in total. The fourth-order valence-corrected chi connectivity index (χ4v) is 13.2. The third-order valence-electron chi connectivity index (χ3n) is 15.7. The lowest BCUT2D eigenvalue weighted by molar-refractivity contribution is -0.217. The first kappa shape index (κ1) is 31.9.